The van der Waals surface area contributed by atoms with E-state index in [1.807, 2.05) is 20.8 Å². The van der Waals surface area contributed by atoms with Crippen LogP contribution in [-0.4, -0.2) is 24.0 Å². The monoisotopic (exact) mass is 250 g/mol. The fraction of sp³-hybridized carbons (Fsp3) is 0.500. The van der Waals surface area contributed by atoms with Crippen molar-refractivity contribution in [3.63, 3.8) is 0 Å². The predicted molar refractivity (Wildman–Crippen MR) is 70.0 cm³/mol. The number of amides is 1. The van der Waals surface area contributed by atoms with Gasteiger partial charge in [-0.05, 0) is 45.9 Å². The van der Waals surface area contributed by atoms with Gasteiger partial charge in [-0.1, -0.05) is 12.1 Å². The molecule has 1 aliphatic rings. The maximum atomic E-state index is 13.9. The van der Waals surface area contributed by atoms with E-state index in [1.165, 1.54) is 6.07 Å². The van der Waals surface area contributed by atoms with E-state index in [0.717, 1.165) is 13.0 Å². The van der Waals surface area contributed by atoms with E-state index in [0.29, 0.717) is 5.69 Å². The number of anilines is 1. The quantitative estimate of drug-likeness (QED) is 0.829. The topological polar surface area (TPSA) is 32.3 Å². The van der Waals surface area contributed by atoms with Gasteiger partial charge in [0.2, 0.25) is 5.91 Å². The van der Waals surface area contributed by atoms with Crippen LogP contribution in [0.1, 0.15) is 27.2 Å². The summed E-state index contributed by atoms with van der Waals surface area (Å²) in [6.07, 6.45) is 0.809. The Morgan fingerprint density at radius 1 is 1.39 bits per heavy atom. The van der Waals surface area contributed by atoms with Crippen molar-refractivity contribution in [1.29, 1.82) is 0 Å². The lowest BCUT2D eigenvalue weighted by Gasteiger charge is -2.32. The Morgan fingerprint density at radius 3 is 2.72 bits per heavy atom. The first-order chi connectivity index (χ1) is 8.43. The van der Waals surface area contributed by atoms with Gasteiger partial charge in [0.05, 0.1) is 11.2 Å². The third kappa shape index (κ3) is 2.25. The SMILES string of the molecule is CC1CCNC(C)(C)C(=O)N1c1ccccc1F. The molecule has 1 fully saturated rings. The maximum Gasteiger partial charge on any atom is 0.247 e. The molecule has 1 amide bonds. The number of hydrogen-bond donors (Lipinski definition) is 1. The zero-order valence-electron chi connectivity index (χ0n) is 11.0. The zero-order chi connectivity index (χ0) is 13.3. The molecule has 1 aromatic carbocycles. The molecule has 0 aliphatic carbocycles. The van der Waals surface area contributed by atoms with Crippen LogP contribution in [0.15, 0.2) is 24.3 Å². The van der Waals surface area contributed by atoms with Gasteiger partial charge in [0.25, 0.3) is 0 Å². The third-order valence-electron chi connectivity index (χ3n) is 3.44. The van der Waals surface area contributed by atoms with Gasteiger partial charge >= 0.3 is 0 Å². The Morgan fingerprint density at radius 2 is 2.06 bits per heavy atom. The van der Waals surface area contributed by atoms with Crippen molar-refractivity contribution in [2.24, 2.45) is 0 Å². The highest BCUT2D eigenvalue weighted by molar-refractivity contribution is 6.00. The van der Waals surface area contributed by atoms with Crippen molar-refractivity contribution in [1.82, 2.24) is 5.32 Å². The highest BCUT2D eigenvalue weighted by atomic mass is 19.1. The van der Waals surface area contributed by atoms with E-state index >= 15 is 0 Å². The number of carbonyl (C=O) groups is 1. The number of nitrogens with zero attached hydrogens (tertiary/aromatic N) is 1. The minimum atomic E-state index is -0.660. The highest BCUT2D eigenvalue weighted by Crippen LogP contribution is 2.27. The van der Waals surface area contributed by atoms with Gasteiger partial charge in [-0.25, -0.2) is 4.39 Å². The molecular formula is C14H19FN2O. The molecule has 3 nitrogen and oxygen atoms in total. The van der Waals surface area contributed by atoms with Crippen molar-refractivity contribution in [2.45, 2.75) is 38.8 Å². The van der Waals surface area contributed by atoms with Gasteiger partial charge in [-0.15, -0.1) is 0 Å². The number of para-hydroxylation sites is 1. The van der Waals surface area contributed by atoms with Crippen LogP contribution >= 0.6 is 0 Å². The summed E-state index contributed by atoms with van der Waals surface area (Å²) in [5, 5.41) is 3.21. The normalized spacial score (nSPS) is 23.9. The molecule has 2 rings (SSSR count). The lowest BCUT2D eigenvalue weighted by molar-refractivity contribution is -0.123. The average Bonchev–Trinajstić information content (AvgIpc) is 2.39. The van der Waals surface area contributed by atoms with Crippen molar-refractivity contribution in [3.8, 4) is 0 Å². The second-order valence-corrected chi connectivity index (χ2v) is 5.32. The molecule has 1 aromatic rings. The Labute approximate surface area is 107 Å². The molecule has 0 bridgehead atoms. The van der Waals surface area contributed by atoms with E-state index < -0.39 is 5.54 Å². The summed E-state index contributed by atoms with van der Waals surface area (Å²) in [6, 6.07) is 6.42. The van der Waals surface area contributed by atoms with Gasteiger partial charge in [-0.3, -0.25) is 4.79 Å². The fourth-order valence-electron chi connectivity index (χ4n) is 2.29. The summed E-state index contributed by atoms with van der Waals surface area (Å²) in [5.41, 5.74) is -0.292. The van der Waals surface area contributed by atoms with Gasteiger partial charge < -0.3 is 10.2 Å². The molecule has 98 valence electrons. The first-order valence-electron chi connectivity index (χ1n) is 6.27. The molecule has 1 atom stereocenters. The van der Waals surface area contributed by atoms with Crippen LogP contribution < -0.4 is 10.2 Å². The second-order valence-electron chi connectivity index (χ2n) is 5.32. The van der Waals surface area contributed by atoms with Gasteiger partial charge in [0.1, 0.15) is 5.82 Å². The van der Waals surface area contributed by atoms with Gasteiger partial charge in [0.15, 0.2) is 0 Å². The smallest absolute Gasteiger partial charge is 0.247 e. The third-order valence-corrected chi connectivity index (χ3v) is 3.44. The maximum absolute atomic E-state index is 13.9. The first kappa shape index (κ1) is 13.0. The molecule has 1 unspecified atom stereocenters. The van der Waals surface area contributed by atoms with Gasteiger partial charge in [-0.2, -0.15) is 0 Å². The number of halogens is 1. The molecule has 0 radical (unpaired) electrons. The van der Waals surface area contributed by atoms with Crippen LogP contribution in [0.2, 0.25) is 0 Å². The summed E-state index contributed by atoms with van der Waals surface area (Å²) in [6.45, 7) is 6.38. The number of nitrogens with one attached hydrogen (secondary N) is 1. The van der Waals surface area contributed by atoms with Crippen LogP contribution in [0.4, 0.5) is 10.1 Å². The lowest BCUT2D eigenvalue weighted by atomic mass is 10.0. The minimum Gasteiger partial charge on any atom is -0.305 e. The Hall–Kier alpha value is -1.42. The molecule has 0 aromatic heterocycles. The average molecular weight is 250 g/mol. The number of rotatable bonds is 1. The molecule has 1 heterocycles. The Bertz CT molecular complexity index is 459. The predicted octanol–water partition coefficient (Wildman–Crippen LogP) is 2.32. The van der Waals surface area contributed by atoms with Crippen LogP contribution in [0.5, 0.6) is 0 Å². The molecule has 1 saturated heterocycles. The minimum absolute atomic E-state index is 0.0105. The standard InChI is InChI=1S/C14H19FN2O/c1-10-8-9-16-14(2,3)13(18)17(10)12-7-5-4-6-11(12)15/h4-7,10,16H,8-9H2,1-3H3. The molecule has 0 saturated carbocycles. The fourth-order valence-corrected chi connectivity index (χ4v) is 2.29. The highest BCUT2D eigenvalue weighted by Gasteiger charge is 2.38. The molecule has 1 aliphatic heterocycles. The largest absolute Gasteiger partial charge is 0.305 e. The van der Waals surface area contributed by atoms with Crippen molar-refractivity contribution < 1.29 is 9.18 Å². The number of hydrogen-bond acceptors (Lipinski definition) is 2. The van der Waals surface area contributed by atoms with Crippen molar-refractivity contribution in [3.05, 3.63) is 30.1 Å². The number of benzene rings is 1. The van der Waals surface area contributed by atoms with E-state index in [1.54, 1.807) is 23.1 Å². The Balaban J connectivity index is 2.45. The zero-order valence-corrected chi connectivity index (χ0v) is 11.0. The molecular weight excluding hydrogens is 231 g/mol. The molecule has 18 heavy (non-hydrogen) atoms. The lowest BCUT2D eigenvalue weighted by Crippen LogP contribution is -2.53. The van der Waals surface area contributed by atoms with E-state index in [2.05, 4.69) is 5.32 Å². The molecule has 0 spiro atoms. The summed E-state index contributed by atoms with van der Waals surface area (Å²) in [5.74, 6) is -0.437. The van der Waals surface area contributed by atoms with E-state index in [9.17, 15) is 9.18 Å². The van der Waals surface area contributed by atoms with Crippen LogP contribution in [0.25, 0.3) is 0 Å². The number of carbonyl (C=O) groups excluding carboxylic acids is 1. The Kier molecular flexibility index (Phi) is 3.39. The van der Waals surface area contributed by atoms with Crippen molar-refractivity contribution in [2.75, 3.05) is 11.4 Å². The van der Waals surface area contributed by atoms with Gasteiger partial charge in [0, 0.05) is 6.04 Å². The molecule has 4 heteroatoms. The second kappa shape index (κ2) is 4.69. The summed E-state index contributed by atoms with van der Waals surface area (Å²) < 4.78 is 13.9. The first-order valence-corrected chi connectivity index (χ1v) is 6.27. The van der Waals surface area contributed by atoms with E-state index in [4.69, 9.17) is 0 Å². The molecule has 1 N–H and O–H groups in total. The summed E-state index contributed by atoms with van der Waals surface area (Å²) in [7, 11) is 0. The van der Waals surface area contributed by atoms with E-state index in [-0.39, 0.29) is 17.8 Å². The summed E-state index contributed by atoms with van der Waals surface area (Å²) >= 11 is 0. The van der Waals surface area contributed by atoms with Crippen LogP contribution in [0, 0.1) is 5.82 Å². The van der Waals surface area contributed by atoms with Crippen molar-refractivity contribution >= 4 is 11.6 Å². The van der Waals surface area contributed by atoms with Crippen LogP contribution in [0.3, 0.4) is 0 Å². The summed E-state index contributed by atoms with van der Waals surface area (Å²) in [4.78, 5) is 14.1. The van der Waals surface area contributed by atoms with Crippen LogP contribution in [-0.2, 0) is 4.79 Å².